The average Bonchev–Trinajstić information content (AvgIpc) is 2.62. The first-order valence-electron chi connectivity index (χ1n) is 8.77. The molecule has 0 fully saturated rings. The molecule has 6 heteroatoms. The number of nitrogens with zero attached hydrogens (tertiary/aromatic N) is 1. The normalized spacial score (nSPS) is 12.1. The number of carbonyl (C=O) groups excluding carboxylic acids is 1. The number of pyridine rings is 1. The number of rotatable bonds is 6. The van der Waals surface area contributed by atoms with Gasteiger partial charge in [0, 0.05) is 12.2 Å². The van der Waals surface area contributed by atoms with E-state index < -0.39 is 0 Å². The van der Waals surface area contributed by atoms with Crippen molar-refractivity contribution in [2.45, 2.75) is 53.1 Å². The van der Waals surface area contributed by atoms with Crippen LogP contribution in [-0.2, 0) is 6.54 Å². The summed E-state index contributed by atoms with van der Waals surface area (Å²) in [6, 6.07) is 5.90. The molecule has 0 spiro atoms. The van der Waals surface area contributed by atoms with Gasteiger partial charge < -0.3 is 9.88 Å². The Bertz CT molecular complexity index is 860. The lowest BCUT2D eigenvalue weighted by Crippen LogP contribution is -2.33. The number of benzene rings is 1. The number of amides is 1. The molecule has 1 unspecified atom stereocenters. The average molecular weight is 423 g/mol. The zero-order valence-corrected chi connectivity index (χ0v) is 17.1. The molecule has 1 amide bonds. The maximum atomic E-state index is 13.2. The molecule has 140 valence electrons. The second-order valence-corrected chi connectivity index (χ2v) is 7.14. The Morgan fingerprint density at radius 3 is 2.38 bits per heavy atom. The molecule has 0 radical (unpaired) electrons. The molecule has 0 bridgehead atoms. The molecule has 1 heterocycles. The quantitative estimate of drug-likeness (QED) is 0.735. The van der Waals surface area contributed by atoms with Gasteiger partial charge in [-0.15, -0.1) is 0 Å². The number of halogens is 2. The lowest BCUT2D eigenvalue weighted by Gasteiger charge is -2.21. The number of nitrogens with one attached hydrogen (secondary N) is 1. The Hall–Kier alpha value is -1.95. The van der Waals surface area contributed by atoms with Crippen molar-refractivity contribution in [1.82, 2.24) is 9.88 Å². The molecule has 2 aromatic rings. The monoisotopic (exact) mass is 422 g/mol. The van der Waals surface area contributed by atoms with Crippen molar-refractivity contribution in [3.05, 3.63) is 67.3 Å². The van der Waals surface area contributed by atoms with Gasteiger partial charge in [-0.25, -0.2) is 4.39 Å². The van der Waals surface area contributed by atoms with Gasteiger partial charge in [0.25, 0.3) is 11.5 Å². The van der Waals surface area contributed by atoms with E-state index in [9.17, 15) is 14.0 Å². The SMILES string of the molecule is CCCn1c(C)c(C(=O)NC(CC)c2ccc(F)cc2)c(C)c(Br)c1=O. The lowest BCUT2D eigenvalue weighted by molar-refractivity contribution is 0.0933. The smallest absolute Gasteiger partial charge is 0.265 e. The molecule has 0 saturated carbocycles. The van der Waals surface area contributed by atoms with Crippen LogP contribution in [0.3, 0.4) is 0 Å². The fraction of sp³-hybridized carbons (Fsp3) is 0.400. The van der Waals surface area contributed by atoms with Crippen LogP contribution in [0.2, 0.25) is 0 Å². The third kappa shape index (κ3) is 4.06. The van der Waals surface area contributed by atoms with Gasteiger partial charge in [-0.05, 0) is 65.9 Å². The van der Waals surface area contributed by atoms with Crippen molar-refractivity contribution in [3.63, 3.8) is 0 Å². The second kappa shape index (κ2) is 8.62. The van der Waals surface area contributed by atoms with Crippen LogP contribution in [-0.4, -0.2) is 10.5 Å². The summed E-state index contributed by atoms with van der Waals surface area (Å²) in [5.74, 6) is -0.543. The number of hydrogen-bond acceptors (Lipinski definition) is 2. The van der Waals surface area contributed by atoms with Crippen LogP contribution in [0.5, 0.6) is 0 Å². The van der Waals surface area contributed by atoms with E-state index in [0.29, 0.717) is 34.3 Å². The molecule has 0 aliphatic carbocycles. The van der Waals surface area contributed by atoms with Gasteiger partial charge in [-0.3, -0.25) is 9.59 Å². The zero-order chi connectivity index (χ0) is 19.4. The molecule has 2 rings (SSSR count). The summed E-state index contributed by atoms with van der Waals surface area (Å²) in [7, 11) is 0. The van der Waals surface area contributed by atoms with Crippen LogP contribution in [0.15, 0.2) is 33.5 Å². The number of carbonyl (C=O) groups is 1. The highest BCUT2D eigenvalue weighted by atomic mass is 79.9. The molecule has 0 saturated heterocycles. The summed E-state index contributed by atoms with van der Waals surface area (Å²) in [6.07, 6.45) is 1.47. The van der Waals surface area contributed by atoms with E-state index in [4.69, 9.17) is 0 Å². The minimum absolute atomic E-state index is 0.121. The van der Waals surface area contributed by atoms with Gasteiger partial charge in [0.05, 0.1) is 16.1 Å². The third-order valence-electron chi connectivity index (χ3n) is 4.56. The molecule has 1 aromatic heterocycles. The first kappa shape index (κ1) is 20.4. The molecule has 1 N–H and O–H groups in total. The van der Waals surface area contributed by atoms with Crippen molar-refractivity contribution < 1.29 is 9.18 Å². The molecular formula is C20H24BrFN2O2. The van der Waals surface area contributed by atoms with Crippen molar-refractivity contribution >= 4 is 21.8 Å². The molecule has 4 nitrogen and oxygen atoms in total. The van der Waals surface area contributed by atoms with Crippen LogP contribution < -0.4 is 10.9 Å². The van der Waals surface area contributed by atoms with Gasteiger partial charge in [-0.1, -0.05) is 26.0 Å². The Morgan fingerprint density at radius 2 is 1.85 bits per heavy atom. The van der Waals surface area contributed by atoms with Gasteiger partial charge in [0.15, 0.2) is 0 Å². The highest BCUT2D eigenvalue weighted by Gasteiger charge is 2.22. The summed E-state index contributed by atoms with van der Waals surface area (Å²) in [5.41, 5.74) is 2.52. The predicted octanol–water partition coefficient (Wildman–Crippen LogP) is 4.66. The van der Waals surface area contributed by atoms with E-state index in [1.165, 1.54) is 12.1 Å². The second-order valence-electron chi connectivity index (χ2n) is 6.34. The molecule has 26 heavy (non-hydrogen) atoms. The van der Waals surface area contributed by atoms with E-state index in [1.54, 1.807) is 30.5 Å². The highest BCUT2D eigenvalue weighted by molar-refractivity contribution is 9.10. The van der Waals surface area contributed by atoms with Crippen LogP contribution in [0.25, 0.3) is 0 Å². The Labute approximate surface area is 161 Å². The van der Waals surface area contributed by atoms with E-state index in [2.05, 4.69) is 21.2 Å². The fourth-order valence-corrected chi connectivity index (χ4v) is 3.53. The molecule has 0 aliphatic rings. The minimum atomic E-state index is -0.308. The van der Waals surface area contributed by atoms with E-state index in [-0.39, 0.29) is 23.3 Å². The van der Waals surface area contributed by atoms with Crippen molar-refractivity contribution in [2.75, 3.05) is 0 Å². The van der Waals surface area contributed by atoms with Crippen molar-refractivity contribution in [2.24, 2.45) is 0 Å². The summed E-state index contributed by atoms with van der Waals surface area (Å²) in [4.78, 5) is 25.5. The Balaban J connectivity index is 2.42. The van der Waals surface area contributed by atoms with Crippen LogP contribution in [0.4, 0.5) is 4.39 Å². The number of aromatic nitrogens is 1. The zero-order valence-electron chi connectivity index (χ0n) is 15.5. The Morgan fingerprint density at radius 1 is 1.23 bits per heavy atom. The minimum Gasteiger partial charge on any atom is -0.345 e. The van der Waals surface area contributed by atoms with Crippen LogP contribution in [0.1, 0.15) is 59.9 Å². The maximum Gasteiger partial charge on any atom is 0.265 e. The maximum absolute atomic E-state index is 13.2. The lowest BCUT2D eigenvalue weighted by atomic mass is 10.0. The van der Waals surface area contributed by atoms with Gasteiger partial charge in [0.1, 0.15) is 5.82 Å². The van der Waals surface area contributed by atoms with E-state index in [0.717, 1.165) is 12.0 Å². The molecular weight excluding hydrogens is 399 g/mol. The molecule has 1 atom stereocenters. The van der Waals surface area contributed by atoms with Gasteiger partial charge >= 0.3 is 0 Å². The Kier molecular flexibility index (Phi) is 6.75. The summed E-state index contributed by atoms with van der Waals surface area (Å²) >= 11 is 3.33. The van der Waals surface area contributed by atoms with Crippen LogP contribution >= 0.6 is 15.9 Å². The van der Waals surface area contributed by atoms with Crippen LogP contribution in [0, 0.1) is 19.7 Å². The van der Waals surface area contributed by atoms with E-state index in [1.807, 2.05) is 13.8 Å². The number of hydrogen-bond donors (Lipinski definition) is 1. The first-order valence-corrected chi connectivity index (χ1v) is 9.56. The molecule has 0 aliphatic heterocycles. The van der Waals surface area contributed by atoms with Gasteiger partial charge in [0.2, 0.25) is 0 Å². The summed E-state index contributed by atoms with van der Waals surface area (Å²) < 4.78 is 15.2. The topological polar surface area (TPSA) is 51.1 Å². The molecule has 1 aromatic carbocycles. The summed E-state index contributed by atoms with van der Waals surface area (Å²) in [5, 5.41) is 3.02. The standard InChI is InChI=1S/C20H24BrFN2O2/c1-5-11-24-13(4)17(12(3)18(21)20(24)26)19(25)23-16(6-2)14-7-9-15(22)10-8-14/h7-10,16H,5-6,11H2,1-4H3,(H,23,25). The van der Waals surface area contributed by atoms with E-state index >= 15 is 0 Å². The largest absolute Gasteiger partial charge is 0.345 e. The van der Waals surface area contributed by atoms with Gasteiger partial charge in [-0.2, -0.15) is 0 Å². The first-order chi connectivity index (χ1) is 12.3. The predicted molar refractivity (Wildman–Crippen MR) is 105 cm³/mol. The third-order valence-corrected chi connectivity index (χ3v) is 5.50. The van der Waals surface area contributed by atoms with Crippen molar-refractivity contribution in [3.8, 4) is 0 Å². The van der Waals surface area contributed by atoms with Crippen molar-refractivity contribution in [1.29, 1.82) is 0 Å². The summed E-state index contributed by atoms with van der Waals surface area (Å²) in [6.45, 7) is 8.06. The fourth-order valence-electron chi connectivity index (χ4n) is 3.12. The highest BCUT2D eigenvalue weighted by Crippen LogP contribution is 2.23.